The Morgan fingerprint density at radius 2 is 1.53 bits per heavy atom. The van der Waals surface area contributed by atoms with Gasteiger partial charge in [-0.1, -0.05) is 41.9 Å². The van der Waals surface area contributed by atoms with Crippen LogP contribution in [0.4, 0.5) is 0 Å². The largest absolute Gasteiger partial charge is 0.391 e. The van der Waals surface area contributed by atoms with Crippen molar-refractivity contribution in [2.75, 3.05) is 11.5 Å². The molecule has 1 unspecified atom stereocenters. The van der Waals surface area contributed by atoms with Gasteiger partial charge in [0.05, 0.1) is 11.1 Å². The number of benzene rings is 2. The second-order valence-corrected chi connectivity index (χ2v) is 6.58. The van der Waals surface area contributed by atoms with Gasteiger partial charge in [0, 0.05) is 21.3 Å². The molecular formula is C15H15ClOS2. The predicted octanol–water partition coefficient (Wildman–Crippen LogP) is 4.59. The SMILES string of the molecule is OC(CSc1ccccc1)CSc1ccccc1Cl. The molecule has 2 rings (SSSR count). The summed E-state index contributed by atoms with van der Waals surface area (Å²) in [6.07, 6.45) is -0.341. The molecular weight excluding hydrogens is 296 g/mol. The van der Waals surface area contributed by atoms with Gasteiger partial charge in [-0.2, -0.15) is 0 Å². The van der Waals surface area contributed by atoms with E-state index in [1.807, 2.05) is 42.5 Å². The molecule has 1 N–H and O–H groups in total. The number of rotatable bonds is 6. The zero-order chi connectivity index (χ0) is 13.5. The molecule has 0 bridgehead atoms. The molecule has 100 valence electrons. The molecule has 1 atom stereocenters. The lowest BCUT2D eigenvalue weighted by atomic mass is 10.4. The normalized spacial score (nSPS) is 12.3. The maximum Gasteiger partial charge on any atom is 0.0727 e. The van der Waals surface area contributed by atoms with Gasteiger partial charge < -0.3 is 5.11 Å². The van der Waals surface area contributed by atoms with Gasteiger partial charge >= 0.3 is 0 Å². The summed E-state index contributed by atoms with van der Waals surface area (Å²) in [5, 5.41) is 10.7. The molecule has 0 aromatic heterocycles. The van der Waals surface area contributed by atoms with Crippen LogP contribution >= 0.6 is 35.1 Å². The maximum absolute atomic E-state index is 9.98. The third-order valence-corrected chi connectivity index (χ3v) is 5.27. The van der Waals surface area contributed by atoms with Crippen LogP contribution in [0.1, 0.15) is 0 Å². The fourth-order valence-electron chi connectivity index (χ4n) is 1.51. The minimum atomic E-state index is -0.341. The van der Waals surface area contributed by atoms with Gasteiger partial charge in [0.1, 0.15) is 0 Å². The summed E-state index contributed by atoms with van der Waals surface area (Å²) in [5.74, 6) is 1.35. The molecule has 0 aliphatic rings. The van der Waals surface area contributed by atoms with E-state index in [-0.39, 0.29) is 6.10 Å². The Morgan fingerprint density at radius 3 is 2.26 bits per heavy atom. The van der Waals surface area contributed by atoms with Crippen molar-refractivity contribution in [3.63, 3.8) is 0 Å². The van der Waals surface area contributed by atoms with E-state index >= 15 is 0 Å². The first kappa shape index (κ1) is 14.8. The molecule has 0 aliphatic carbocycles. The van der Waals surface area contributed by atoms with Crippen LogP contribution in [0.3, 0.4) is 0 Å². The first-order valence-corrected chi connectivity index (χ1v) is 8.34. The standard InChI is InChI=1S/C15H15ClOS2/c16-14-8-4-5-9-15(14)19-11-12(17)10-18-13-6-2-1-3-7-13/h1-9,12,17H,10-11H2. The number of aliphatic hydroxyl groups is 1. The number of halogens is 1. The second-order valence-electron chi connectivity index (χ2n) is 4.02. The Kier molecular flexibility index (Phi) is 6.11. The van der Waals surface area contributed by atoms with Crippen molar-refractivity contribution in [1.82, 2.24) is 0 Å². The molecule has 0 fully saturated rings. The summed E-state index contributed by atoms with van der Waals surface area (Å²) in [6, 6.07) is 17.8. The first-order valence-electron chi connectivity index (χ1n) is 5.99. The quantitative estimate of drug-likeness (QED) is 0.788. The second kappa shape index (κ2) is 7.85. The summed E-state index contributed by atoms with van der Waals surface area (Å²) in [5.41, 5.74) is 0. The highest BCUT2D eigenvalue weighted by Gasteiger charge is 2.07. The summed E-state index contributed by atoms with van der Waals surface area (Å²) in [4.78, 5) is 2.21. The summed E-state index contributed by atoms with van der Waals surface area (Å²) in [7, 11) is 0. The average molecular weight is 311 g/mol. The number of aliphatic hydroxyl groups excluding tert-OH is 1. The number of hydrogen-bond donors (Lipinski definition) is 1. The topological polar surface area (TPSA) is 20.2 Å². The van der Waals surface area contributed by atoms with E-state index in [9.17, 15) is 5.11 Å². The first-order chi connectivity index (χ1) is 9.25. The molecule has 0 saturated heterocycles. The van der Waals surface area contributed by atoms with Crippen LogP contribution in [-0.4, -0.2) is 22.7 Å². The van der Waals surface area contributed by atoms with E-state index in [2.05, 4.69) is 12.1 Å². The Balaban J connectivity index is 1.76. The van der Waals surface area contributed by atoms with Crippen LogP contribution in [0.15, 0.2) is 64.4 Å². The molecule has 2 aromatic rings. The average Bonchev–Trinajstić information content (AvgIpc) is 2.45. The summed E-state index contributed by atoms with van der Waals surface area (Å²) < 4.78 is 0. The van der Waals surface area contributed by atoms with Crippen molar-refractivity contribution in [2.24, 2.45) is 0 Å². The van der Waals surface area contributed by atoms with E-state index in [0.717, 1.165) is 9.92 Å². The molecule has 2 aromatic carbocycles. The van der Waals surface area contributed by atoms with Gasteiger partial charge in [-0.05, 0) is 24.3 Å². The Bertz CT molecular complexity index is 505. The van der Waals surface area contributed by atoms with Crippen LogP contribution in [0.25, 0.3) is 0 Å². The van der Waals surface area contributed by atoms with Gasteiger partial charge in [0.25, 0.3) is 0 Å². The number of hydrogen-bond acceptors (Lipinski definition) is 3. The molecule has 1 nitrogen and oxygen atoms in total. The smallest absolute Gasteiger partial charge is 0.0727 e. The van der Waals surface area contributed by atoms with Gasteiger partial charge in [-0.3, -0.25) is 0 Å². The molecule has 0 amide bonds. The summed E-state index contributed by atoms with van der Waals surface area (Å²) in [6.45, 7) is 0. The highest BCUT2D eigenvalue weighted by Crippen LogP contribution is 2.28. The van der Waals surface area contributed by atoms with Crippen molar-refractivity contribution in [3.05, 3.63) is 59.6 Å². The minimum Gasteiger partial charge on any atom is -0.391 e. The van der Waals surface area contributed by atoms with E-state index in [4.69, 9.17) is 11.6 Å². The zero-order valence-electron chi connectivity index (χ0n) is 10.3. The molecule has 0 spiro atoms. The Morgan fingerprint density at radius 1 is 0.895 bits per heavy atom. The van der Waals surface area contributed by atoms with Crippen LogP contribution in [-0.2, 0) is 0 Å². The number of thioether (sulfide) groups is 2. The van der Waals surface area contributed by atoms with E-state index in [1.165, 1.54) is 4.90 Å². The van der Waals surface area contributed by atoms with E-state index in [0.29, 0.717) is 11.5 Å². The van der Waals surface area contributed by atoms with Crippen molar-refractivity contribution in [2.45, 2.75) is 15.9 Å². The van der Waals surface area contributed by atoms with Crippen molar-refractivity contribution in [1.29, 1.82) is 0 Å². The van der Waals surface area contributed by atoms with Crippen molar-refractivity contribution < 1.29 is 5.11 Å². The van der Waals surface area contributed by atoms with Gasteiger partial charge in [0.15, 0.2) is 0 Å². The predicted molar refractivity (Wildman–Crippen MR) is 85.3 cm³/mol. The van der Waals surface area contributed by atoms with Gasteiger partial charge in [0.2, 0.25) is 0 Å². The van der Waals surface area contributed by atoms with Crippen LogP contribution < -0.4 is 0 Å². The van der Waals surface area contributed by atoms with Crippen molar-refractivity contribution in [3.8, 4) is 0 Å². The highest BCUT2D eigenvalue weighted by molar-refractivity contribution is 8.00. The van der Waals surface area contributed by atoms with Crippen LogP contribution in [0.5, 0.6) is 0 Å². The van der Waals surface area contributed by atoms with Crippen molar-refractivity contribution >= 4 is 35.1 Å². The highest BCUT2D eigenvalue weighted by atomic mass is 35.5. The van der Waals surface area contributed by atoms with E-state index < -0.39 is 0 Å². The minimum absolute atomic E-state index is 0.341. The fraction of sp³-hybridized carbons (Fsp3) is 0.200. The zero-order valence-corrected chi connectivity index (χ0v) is 12.7. The maximum atomic E-state index is 9.98. The Hall–Kier alpha value is -0.610. The van der Waals surface area contributed by atoms with Gasteiger partial charge in [-0.25, -0.2) is 0 Å². The Labute approximate surface area is 127 Å². The molecule has 19 heavy (non-hydrogen) atoms. The fourth-order valence-corrected chi connectivity index (χ4v) is 3.68. The third kappa shape index (κ3) is 5.11. The van der Waals surface area contributed by atoms with Crippen LogP contribution in [0, 0.1) is 0 Å². The molecule has 0 saturated carbocycles. The lowest BCUT2D eigenvalue weighted by molar-refractivity contribution is 0.225. The van der Waals surface area contributed by atoms with Crippen LogP contribution in [0.2, 0.25) is 5.02 Å². The van der Waals surface area contributed by atoms with E-state index in [1.54, 1.807) is 23.5 Å². The molecule has 0 radical (unpaired) electrons. The molecule has 4 heteroatoms. The summed E-state index contributed by atoms with van der Waals surface area (Å²) >= 11 is 9.34. The lowest BCUT2D eigenvalue weighted by Crippen LogP contribution is -2.12. The third-order valence-electron chi connectivity index (χ3n) is 2.45. The molecule has 0 heterocycles. The monoisotopic (exact) mass is 310 g/mol. The lowest BCUT2D eigenvalue weighted by Gasteiger charge is -2.10. The van der Waals surface area contributed by atoms with Gasteiger partial charge in [-0.15, -0.1) is 23.5 Å². The molecule has 0 aliphatic heterocycles.